The second-order valence-corrected chi connectivity index (χ2v) is 6.39. The third-order valence-electron chi connectivity index (χ3n) is 3.12. The number of carbonyl (C=O) groups is 1. The molecular weight excluding hydrogens is 321 g/mol. The van der Waals surface area contributed by atoms with Gasteiger partial charge < -0.3 is 15.2 Å². The number of hydrogen-bond donors (Lipinski definition) is 2. The van der Waals surface area contributed by atoms with E-state index in [4.69, 9.17) is 4.74 Å². The Morgan fingerprint density at radius 2 is 1.84 bits per heavy atom. The molecule has 0 saturated heterocycles. The van der Waals surface area contributed by atoms with Gasteiger partial charge in [0, 0.05) is 11.1 Å². The molecule has 1 atom stereocenters. The van der Waals surface area contributed by atoms with E-state index in [0.717, 1.165) is 11.6 Å². The molecule has 0 bridgehead atoms. The van der Waals surface area contributed by atoms with Crippen LogP contribution in [0.25, 0.3) is 0 Å². The van der Waals surface area contributed by atoms with E-state index in [1.54, 1.807) is 20.8 Å². The van der Waals surface area contributed by atoms with Gasteiger partial charge in [-0.1, -0.05) is 42.2 Å². The summed E-state index contributed by atoms with van der Waals surface area (Å²) in [6.45, 7) is 5.20. The van der Waals surface area contributed by atoms with Crippen LogP contribution in [0.4, 0.5) is 9.18 Å². The SMILES string of the molecule is CC(C)(C)OC(=O)N[C@H](C#Cc1ccccc1)c1cccc(F)c1O. The van der Waals surface area contributed by atoms with E-state index in [-0.39, 0.29) is 5.56 Å². The lowest BCUT2D eigenvalue weighted by atomic mass is 10.1. The number of ether oxygens (including phenoxy) is 1. The number of alkyl carbamates (subject to hydrolysis) is 1. The fourth-order valence-electron chi connectivity index (χ4n) is 2.06. The summed E-state index contributed by atoms with van der Waals surface area (Å²) in [5, 5.41) is 12.5. The highest BCUT2D eigenvalue weighted by molar-refractivity contribution is 5.69. The Kier molecular flexibility index (Phi) is 5.66. The summed E-state index contributed by atoms with van der Waals surface area (Å²) >= 11 is 0. The van der Waals surface area contributed by atoms with Crippen molar-refractivity contribution in [1.29, 1.82) is 0 Å². The van der Waals surface area contributed by atoms with Crippen molar-refractivity contribution in [1.82, 2.24) is 5.32 Å². The summed E-state index contributed by atoms with van der Waals surface area (Å²) in [5.41, 5.74) is 0.203. The van der Waals surface area contributed by atoms with Gasteiger partial charge in [-0.05, 0) is 39.0 Å². The van der Waals surface area contributed by atoms with Crippen molar-refractivity contribution in [3.63, 3.8) is 0 Å². The number of rotatable bonds is 2. The zero-order chi connectivity index (χ0) is 18.4. The van der Waals surface area contributed by atoms with Gasteiger partial charge in [-0.2, -0.15) is 0 Å². The highest BCUT2D eigenvalue weighted by Crippen LogP contribution is 2.27. The Labute approximate surface area is 146 Å². The quantitative estimate of drug-likeness (QED) is 0.807. The fourth-order valence-corrected chi connectivity index (χ4v) is 2.06. The largest absolute Gasteiger partial charge is 0.505 e. The van der Waals surface area contributed by atoms with E-state index in [1.165, 1.54) is 12.1 Å². The predicted molar refractivity (Wildman–Crippen MR) is 93.5 cm³/mol. The zero-order valence-corrected chi connectivity index (χ0v) is 14.3. The standard InChI is InChI=1S/C20H20FNO3/c1-20(2,3)25-19(24)22-17(13-12-14-8-5-4-6-9-14)15-10-7-11-16(21)18(15)23/h4-11,17,23H,1-3H3,(H,22,24)/t17-/m1/s1. The van der Waals surface area contributed by atoms with Crippen LogP contribution in [0.15, 0.2) is 48.5 Å². The molecule has 0 fully saturated rings. The maximum Gasteiger partial charge on any atom is 0.408 e. The smallest absolute Gasteiger partial charge is 0.408 e. The van der Waals surface area contributed by atoms with Crippen LogP contribution in [0.5, 0.6) is 5.75 Å². The lowest BCUT2D eigenvalue weighted by Gasteiger charge is -2.22. The van der Waals surface area contributed by atoms with Crippen LogP contribution in [0.2, 0.25) is 0 Å². The molecule has 1 amide bonds. The number of nitrogens with one attached hydrogen (secondary N) is 1. The summed E-state index contributed by atoms with van der Waals surface area (Å²) in [7, 11) is 0. The average Bonchev–Trinajstić information content (AvgIpc) is 2.53. The minimum atomic E-state index is -0.925. The lowest BCUT2D eigenvalue weighted by molar-refractivity contribution is 0.0515. The second-order valence-electron chi connectivity index (χ2n) is 6.39. The van der Waals surface area contributed by atoms with Gasteiger partial charge in [0.05, 0.1) is 0 Å². The van der Waals surface area contributed by atoms with E-state index < -0.39 is 29.3 Å². The van der Waals surface area contributed by atoms with Crippen molar-refractivity contribution < 1.29 is 19.0 Å². The zero-order valence-electron chi connectivity index (χ0n) is 14.3. The Morgan fingerprint density at radius 1 is 1.16 bits per heavy atom. The number of benzene rings is 2. The molecule has 2 rings (SSSR count). The molecule has 0 saturated carbocycles. The number of halogens is 1. The summed E-state index contributed by atoms with van der Waals surface area (Å²) in [6, 6.07) is 12.3. The molecule has 0 radical (unpaired) electrons. The topological polar surface area (TPSA) is 58.6 Å². The third-order valence-corrected chi connectivity index (χ3v) is 3.12. The molecule has 0 aliphatic rings. The van der Waals surface area contributed by atoms with E-state index in [1.807, 2.05) is 30.3 Å². The van der Waals surface area contributed by atoms with Crippen LogP contribution in [0.3, 0.4) is 0 Å². The number of para-hydroxylation sites is 1. The Morgan fingerprint density at radius 3 is 2.48 bits per heavy atom. The molecule has 4 nitrogen and oxygen atoms in total. The van der Waals surface area contributed by atoms with Crippen LogP contribution in [-0.4, -0.2) is 16.8 Å². The van der Waals surface area contributed by atoms with E-state index in [2.05, 4.69) is 17.2 Å². The fraction of sp³-hybridized carbons (Fsp3) is 0.250. The molecule has 2 N–H and O–H groups in total. The Hall–Kier alpha value is -3.00. The van der Waals surface area contributed by atoms with Crippen molar-refractivity contribution in [2.75, 3.05) is 0 Å². The van der Waals surface area contributed by atoms with Crippen LogP contribution in [0, 0.1) is 17.7 Å². The van der Waals surface area contributed by atoms with Gasteiger partial charge in [0.2, 0.25) is 0 Å². The first-order valence-corrected chi connectivity index (χ1v) is 7.80. The molecular formula is C20H20FNO3. The normalized spacial score (nSPS) is 11.8. The van der Waals surface area contributed by atoms with Crippen molar-refractivity contribution in [2.24, 2.45) is 0 Å². The molecule has 2 aromatic carbocycles. The maximum atomic E-state index is 13.7. The van der Waals surface area contributed by atoms with Gasteiger partial charge in [-0.15, -0.1) is 0 Å². The Bertz CT molecular complexity index is 801. The van der Waals surface area contributed by atoms with Crippen molar-refractivity contribution in [3.8, 4) is 17.6 Å². The van der Waals surface area contributed by atoms with Crippen LogP contribution < -0.4 is 5.32 Å². The number of aromatic hydroxyl groups is 1. The highest BCUT2D eigenvalue weighted by atomic mass is 19.1. The van der Waals surface area contributed by atoms with E-state index in [0.29, 0.717) is 0 Å². The second kappa shape index (κ2) is 7.71. The summed E-state index contributed by atoms with van der Waals surface area (Å²) in [4.78, 5) is 12.1. The maximum absolute atomic E-state index is 13.7. The molecule has 0 aliphatic carbocycles. The molecule has 5 heteroatoms. The number of carbonyl (C=O) groups excluding carboxylic acids is 1. The van der Waals surface area contributed by atoms with Gasteiger partial charge in [0.25, 0.3) is 0 Å². The van der Waals surface area contributed by atoms with Gasteiger partial charge in [0.15, 0.2) is 11.6 Å². The molecule has 0 aliphatic heterocycles. The van der Waals surface area contributed by atoms with Gasteiger partial charge in [-0.3, -0.25) is 0 Å². The summed E-state index contributed by atoms with van der Waals surface area (Å²) in [5.74, 6) is 4.42. The first-order valence-electron chi connectivity index (χ1n) is 7.80. The van der Waals surface area contributed by atoms with E-state index in [9.17, 15) is 14.3 Å². The average molecular weight is 341 g/mol. The lowest BCUT2D eigenvalue weighted by Crippen LogP contribution is -2.34. The minimum absolute atomic E-state index is 0.161. The molecule has 0 aromatic heterocycles. The molecule has 130 valence electrons. The van der Waals surface area contributed by atoms with Crippen LogP contribution in [0.1, 0.15) is 37.9 Å². The number of phenols is 1. The van der Waals surface area contributed by atoms with Crippen molar-refractivity contribution >= 4 is 6.09 Å². The predicted octanol–water partition coefficient (Wildman–Crippen LogP) is 4.15. The highest BCUT2D eigenvalue weighted by Gasteiger charge is 2.22. The molecule has 2 aromatic rings. The number of phenolic OH excluding ortho intramolecular Hbond substituents is 1. The van der Waals surface area contributed by atoms with Crippen molar-refractivity contribution in [3.05, 3.63) is 65.5 Å². The van der Waals surface area contributed by atoms with Crippen molar-refractivity contribution in [2.45, 2.75) is 32.4 Å². The van der Waals surface area contributed by atoms with Gasteiger partial charge in [-0.25, -0.2) is 9.18 Å². The first-order chi connectivity index (χ1) is 11.8. The molecule has 25 heavy (non-hydrogen) atoms. The molecule has 0 unspecified atom stereocenters. The first kappa shape index (κ1) is 18.3. The van der Waals surface area contributed by atoms with Gasteiger partial charge >= 0.3 is 6.09 Å². The number of amides is 1. The minimum Gasteiger partial charge on any atom is -0.505 e. The van der Waals surface area contributed by atoms with Crippen LogP contribution in [-0.2, 0) is 4.74 Å². The third kappa shape index (κ3) is 5.54. The number of hydrogen-bond acceptors (Lipinski definition) is 3. The Balaban J connectivity index is 2.33. The van der Waals surface area contributed by atoms with Gasteiger partial charge in [0.1, 0.15) is 11.6 Å². The summed E-state index contributed by atoms with van der Waals surface area (Å²) < 4.78 is 18.9. The summed E-state index contributed by atoms with van der Waals surface area (Å²) in [6.07, 6.45) is -0.705. The van der Waals surface area contributed by atoms with Crippen LogP contribution >= 0.6 is 0 Å². The molecule has 0 heterocycles. The molecule has 0 spiro atoms. The monoisotopic (exact) mass is 341 g/mol. The van der Waals surface area contributed by atoms with E-state index >= 15 is 0 Å².